The molecule has 0 bridgehead atoms. The SMILES string of the molecule is Cc1cc(O)cc(CN)c1Br. The molecule has 0 unspecified atom stereocenters. The molecular formula is C8H10BrNO. The predicted molar refractivity (Wildman–Crippen MR) is 48.4 cm³/mol. The van der Waals surface area contributed by atoms with Crippen molar-refractivity contribution in [1.82, 2.24) is 0 Å². The van der Waals surface area contributed by atoms with Crippen LogP contribution in [0.5, 0.6) is 5.75 Å². The van der Waals surface area contributed by atoms with Crippen molar-refractivity contribution >= 4 is 15.9 Å². The molecule has 0 amide bonds. The number of phenolic OH excluding ortho intramolecular Hbond substituents is 1. The van der Waals surface area contributed by atoms with Gasteiger partial charge in [-0.2, -0.15) is 0 Å². The first-order valence-electron chi connectivity index (χ1n) is 3.33. The molecule has 3 heteroatoms. The van der Waals surface area contributed by atoms with Crippen LogP contribution in [0.15, 0.2) is 16.6 Å². The lowest BCUT2D eigenvalue weighted by Crippen LogP contribution is -1.98. The molecule has 0 fully saturated rings. The summed E-state index contributed by atoms with van der Waals surface area (Å²) in [7, 11) is 0. The van der Waals surface area contributed by atoms with Gasteiger partial charge in [0.15, 0.2) is 0 Å². The maximum absolute atomic E-state index is 9.17. The number of benzene rings is 1. The van der Waals surface area contributed by atoms with Crippen LogP contribution in [0.25, 0.3) is 0 Å². The molecule has 0 saturated carbocycles. The third-order valence-corrected chi connectivity index (χ3v) is 2.67. The second kappa shape index (κ2) is 3.24. The van der Waals surface area contributed by atoms with Crippen LogP contribution >= 0.6 is 15.9 Å². The molecular weight excluding hydrogens is 206 g/mol. The number of aryl methyl sites for hydroxylation is 1. The highest BCUT2D eigenvalue weighted by Gasteiger charge is 2.02. The molecule has 0 aliphatic heterocycles. The van der Waals surface area contributed by atoms with E-state index in [4.69, 9.17) is 5.73 Å². The van der Waals surface area contributed by atoms with Crippen molar-refractivity contribution in [3.05, 3.63) is 27.7 Å². The van der Waals surface area contributed by atoms with Crippen molar-refractivity contribution in [3.8, 4) is 5.75 Å². The van der Waals surface area contributed by atoms with Crippen molar-refractivity contribution < 1.29 is 5.11 Å². The first-order chi connectivity index (χ1) is 5.15. The van der Waals surface area contributed by atoms with Gasteiger partial charge < -0.3 is 10.8 Å². The second-order valence-electron chi connectivity index (χ2n) is 2.44. The molecule has 0 aliphatic carbocycles. The Morgan fingerprint density at radius 1 is 1.55 bits per heavy atom. The van der Waals surface area contributed by atoms with Crippen LogP contribution in [0.3, 0.4) is 0 Å². The van der Waals surface area contributed by atoms with Gasteiger partial charge in [-0.1, -0.05) is 15.9 Å². The van der Waals surface area contributed by atoms with Gasteiger partial charge in [-0.15, -0.1) is 0 Å². The van der Waals surface area contributed by atoms with E-state index in [-0.39, 0.29) is 5.75 Å². The number of hydrogen-bond donors (Lipinski definition) is 2. The summed E-state index contributed by atoms with van der Waals surface area (Å²) in [6, 6.07) is 3.36. The van der Waals surface area contributed by atoms with E-state index in [1.165, 1.54) is 0 Å². The average Bonchev–Trinajstić information content (AvgIpc) is 1.96. The third kappa shape index (κ3) is 1.73. The quantitative estimate of drug-likeness (QED) is 0.753. The molecule has 1 aromatic rings. The third-order valence-electron chi connectivity index (χ3n) is 1.53. The highest BCUT2D eigenvalue weighted by Crippen LogP contribution is 2.25. The number of aromatic hydroxyl groups is 1. The van der Waals surface area contributed by atoms with E-state index < -0.39 is 0 Å². The van der Waals surface area contributed by atoms with Gasteiger partial charge in [0.25, 0.3) is 0 Å². The maximum atomic E-state index is 9.17. The summed E-state index contributed by atoms with van der Waals surface area (Å²) in [5.74, 6) is 0.270. The summed E-state index contributed by atoms with van der Waals surface area (Å²) in [6.07, 6.45) is 0. The van der Waals surface area contributed by atoms with Gasteiger partial charge in [-0.3, -0.25) is 0 Å². The average molecular weight is 216 g/mol. The summed E-state index contributed by atoms with van der Waals surface area (Å²) in [5.41, 5.74) is 7.39. The Hall–Kier alpha value is -0.540. The molecule has 0 radical (unpaired) electrons. The molecule has 1 rings (SSSR count). The van der Waals surface area contributed by atoms with Crippen LogP contribution in [-0.2, 0) is 6.54 Å². The predicted octanol–water partition coefficient (Wildman–Crippen LogP) is 1.92. The Morgan fingerprint density at radius 3 is 2.73 bits per heavy atom. The van der Waals surface area contributed by atoms with Gasteiger partial charge in [0.2, 0.25) is 0 Å². The summed E-state index contributed by atoms with van der Waals surface area (Å²) in [5, 5.41) is 9.17. The minimum atomic E-state index is 0.270. The zero-order valence-electron chi connectivity index (χ0n) is 6.26. The zero-order valence-corrected chi connectivity index (χ0v) is 7.85. The fourth-order valence-corrected chi connectivity index (χ4v) is 1.36. The fourth-order valence-electron chi connectivity index (χ4n) is 0.971. The molecule has 1 aromatic carbocycles. The van der Waals surface area contributed by atoms with E-state index in [2.05, 4.69) is 15.9 Å². The summed E-state index contributed by atoms with van der Waals surface area (Å²) in [4.78, 5) is 0. The number of rotatable bonds is 1. The van der Waals surface area contributed by atoms with Gasteiger partial charge in [-0.05, 0) is 30.2 Å². The highest BCUT2D eigenvalue weighted by atomic mass is 79.9. The molecule has 0 spiro atoms. The highest BCUT2D eigenvalue weighted by molar-refractivity contribution is 9.10. The topological polar surface area (TPSA) is 46.2 Å². The standard InChI is InChI=1S/C8H10BrNO/c1-5-2-7(11)3-6(4-10)8(5)9/h2-3,11H,4,10H2,1H3. The summed E-state index contributed by atoms with van der Waals surface area (Å²) >= 11 is 3.38. The molecule has 11 heavy (non-hydrogen) atoms. The van der Waals surface area contributed by atoms with E-state index in [0.29, 0.717) is 6.54 Å². The van der Waals surface area contributed by atoms with Crippen LogP contribution < -0.4 is 5.73 Å². The molecule has 0 aliphatic rings. The Morgan fingerprint density at radius 2 is 2.18 bits per heavy atom. The van der Waals surface area contributed by atoms with Gasteiger partial charge in [0.1, 0.15) is 5.75 Å². The van der Waals surface area contributed by atoms with Crippen molar-refractivity contribution in [3.63, 3.8) is 0 Å². The minimum absolute atomic E-state index is 0.270. The van der Waals surface area contributed by atoms with Crippen LogP contribution in [0.1, 0.15) is 11.1 Å². The first kappa shape index (κ1) is 8.56. The summed E-state index contributed by atoms with van der Waals surface area (Å²) in [6.45, 7) is 2.36. The lowest BCUT2D eigenvalue weighted by atomic mass is 10.1. The molecule has 0 heterocycles. The number of halogens is 1. The van der Waals surface area contributed by atoms with Crippen molar-refractivity contribution in [1.29, 1.82) is 0 Å². The Balaban J connectivity index is 3.24. The Bertz CT molecular complexity index is 273. The summed E-state index contributed by atoms with van der Waals surface area (Å²) < 4.78 is 0.984. The lowest BCUT2D eigenvalue weighted by molar-refractivity contribution is 0.474. The largest absolute Gasteiger partial charge is 0.508 e. The molecule has 0 aromatic heterocycles. The van der Waals surface area contributed by atoms with Crippen molar-refractivity contribution in [2.24, 2.45) is 5.73 Å². The second-order valence-corrected chi connectivity index (χ2v) is 3.23. The maximum Gasteiger partial charge on any atom is 0.116 e. The molecule has 3 N–H and O–H groups in total. The molecule has 2 nitrogen and oxygen atoms in total. The number of nitrogens with two attached hydrogens (primary N) is 1. The van der Waals surface area contributed by atoms with Crippen LogP contribution in [0.2, 0.25) is 0 Å². The van der Waals surface area contributed by atoms with Gasteiger partial charge >= 0.3 is 0 Å². The lowest BCUT2D eigenvalue weighted by Gasteiger charge is -2.04. The normalized spacial score (nSPS) is 10.1. The van der Waals surface area contributed by atoms with Gasteiger partial charge in [0.05, 0.1) is 0 Å². The Labute approximate surface area is 74.2 Å². The monoisotopic (exact) mass is 215 g/mol. The first-order valence-corrected chi connectivity index (χ1v) is 4.12. The Kier molecular flexibility index (Phi) is 2.52. The smallest absolute Gasteiger partial charge is 0.116 e. The van der Waals surface area contributed by atoms with Gasteiger partial charge in [0, 0.05) is 11.0 Å². The number of phenols is 1. The number of hydrogen-bond acceptors (Lipinski definition) is 2. The molecule has 0 atom stereocenters. The van der Waals surface area contributed by atoms with Crippen molar-refractivity contribution in [2.75, 3.05) is 0 Å². The van der Waals surface area contributed by atoms with Crippen LogP contribution in [0, 0.1) is 6.92 Å². The fraction of sp³-hybridized carbons (Fsp3) is 0.250. The molecule has 0 saturated heterocycles. The molecule has 60 valence electrons. The van der Waals surface area contributed by atoms with E-state index >= 15 is 0 Å². The van der Waals surface area contributed by atoms with E-state index in [1.807, 2.05) is 6.92 Å². The van der Waals surface area contributed by atoms with Crippen LogP contribution in [-0.4, -0.2) is 5.11 Å². The zero-order chi connectivity index (χ0) is 8.43. The van der Waals surface area contributed by atoms with E-state index in [1.54, 1.807) is 12.1 Å². The van der Waals surface area contributed by atoms with Gasteiger partial charge in [-0.25, -0.2) is 0 Å². The van der Waals surface area contributed by atoms with E-state index in [9.17, 15) is 5.11 Å². The minimum Gasteiger partial charge on any atom is -0.508 e. The van der Waals surface area contributed by atoms with E-state index in [0.717, 1.165) is 15.6 Å². The van der Waals surface area contributed by atoms with Crippen molar-refractivity contribution in [2.45, 2.75) is 13.5 Å². The van der Waals surface area contributed by atoms with Crippen LogP contribution in [0.4, 0.5) is 0 Å².